The predicted molar refractivity (Wildman–Crippen MR) is 136 cm³/mol. The van der Waals surface area contributed by atoms with Crippen molar-refractivity contribution < 1.29 is 14.0 Å². The number of nitrogens with two attached hydrogens (primary N) is 1. The number of Topliss-reactive ketones (excluding diaryl/α,β-unsaturated/α-hetero) is 2. The van der Waals surface area contributed by atoms with E-state index in [0.29, 0.717) is 35.7 Å². The molecule has 4 rings (SSSR count). The van der Waals surface area contributed by atoms with Crippen LogP contribution in [-0.2, 0) is 17.6 Å². The molecule has 0 heterocycles. The van der Waals surface area contributed by atoms with Crippen LogP contribution in [0.4, 0.5) is 15.8 Å². The summed E-state index contributed by atoms with van der Waals surface area (Å²) in [4.78, 5) is 24.5. The molecule has 2 aliphatic rings. The van der Waals surface area contributed by atoms with Crippen molar-refractivity contribution in [3.63, 3.8) is 0 Å². The molecule has 34 heavy (non-hydrogen) atoms. The van der Waals surface area contributed by atoms with E-state index in [-0.39, 0.29) is 17.6 Å². The van der Waals surface area contributed by atoms with E-state index < -0.39 is 5.82 Å². The van der Waals surface area contributed by atoms with Crippen LogP contribution >= 0.6 is 0 Å². The Morgan fingerprint density at radius 2 is 1.85 bits per heavy atom. The minimum atomic E-state index is -0.429. The zero-order valence-corrected chi connectivity index (χ0v) is 20.5. The maximum atomic E-state index is 14.0. The van der Waals surface area contributed by atoms with Crippen molar-refractivity contribution in [3.8, 4) is 0 Å². The normalized spacial score (nSPS) is 19.0. The van der Waals surface area contributed by atoms with Gasteiger partial charge in [-0.2, -0.15) is 0 Å². The standard InChI is InChI=1S/C29H37FN2O2/c1-18(10-20-6-3-4-7-20)11-26(34)15-23-12-21-8-5-9-29(27(21)17-28(23)31)32-25-14-22(19(2)33)13-24(30)16-25/h12-14,16-18,20,29,32H,3-11,15,31H2,1-2H3. The highest BCUT2D eigenvalue weighted by atomic mass is 19.1. The van der Waals surface area contributed by atoms with Gasteiger partial charge < -0.3 is 11.1 Å². The number of hydrogen-bond donors (Lipinski definition) is 2. The Morgan fingerprint density at radius 3 is 2.59 bits per heavy atom. The molecule has 0 spiro atoms. The molecule has 0 radical (unpaired) electrons. The van der Waals surface area contributed by atoms with E-state index in [9.17, 15) is 14.0 Å². The molecule has 1 saturated carbocycles. The lowest BCUT2D eigenvalue weighted by Crippen LogP contribution is -2.19. The molecule has 2 unspecified atom stereocenters. The van der Waals surface area contributed by atoms with E-state index in [1.54, 1.807) is 6.07 Å². The van der Waals surface area contributed by atoms with Crippen molar-refractivity contribution in [3.05, 3.63) is 58.4 Å². The van der Waals surface area contributed by atoms with Gasteiger partial charge in [0.2, 0.25) is 0 Å². The van der Waals surface area contributed by atoms with Gasteiger partial charge in [-0.05, 0) is 85.4 Å². The molecule has 2 atom stereocenters. The van der Waals surface area contributed by atoms with Crippen molar-refractivity contribution in [2.45, 2.75) is 84.1 Å². The first kappa shape index (κ1) is 24.4. The summed E-state index contributed by atoms with van der Waals surface area (Å²) in [6.45, 7) is 3.64. The Morgan fingerprint density at radius 1 is 1.09 bits per heavy atom. The molecule has 2 aromatic rings. The minimum Gasteiger partial charge on any atom is -0.398 e. The van der Waals surface area contributed by atoms with Gasteiger partial charge in [-0.1, -0.05) is 38.7 Å². The zero-order valence-electron chi connectivity index (χ0n) is 20.5. The van der Waals surface area contributed by atoms with Crippen molar-refractivity contribution in [2.75, 3.05) is 11.1 Å². The van der Waals surface area contributed by atoms with Crippen molar-refractivity contribution in [1.29, 1.82) is 0 Å². The number of aryl methyl sites for hydroxylation is 1. The largest absolute Gasteiger partial charge is 0.398 e. The maximum Gasteiger partial charge on any atom is 0.159 e. The number of benzene rings is 2. The highest BCUT2D eigenvalue weighted by molar-refractivity contribution is 5.95. The summed E-state index contributed by atoms with van der Waals surface area (Å²) >= 11 is 0. The predicted octanol–water partition coefficient (Wildman–Crippen LogP) is 6.82. The van der Waals surface area contributed by atoms with E-state index in [1.807, 2.05) is 6.07 Å². The van der Waals surface area contributed by atoms with Crippen LogP contribution in [0.25, 0.3) is 0 Å². The first-order valence-electron chi connectivity index (χ1n) is 12.8. The lowest BCUT2D eigenvalue weighted by atomic mass is 9.84. The van der Waals surface area contributed by atoms with Gasteiger partial charge in [-0.3, -0.25) is 9.59 Å². The van der Waals surface area contributed by atoms with Crippen LogP contribution in [0, 0.1) is 17.7 Å². The third-order valence-electron chi connectivity index (χ3n) is 7.53. The molecule has 2 aromatic carbocycles. The Hall–Kier alpha value is -2.69. The number of ketones is 2. The second kappa shape index (κ2) is 10.7. The monoisotopic (exact) mass is 464 g/mol. The third-order valence-corrected chi connectivity index (χ3v) is 7.53. The van der Waals surface area contributed by atoms with Crippen LogP contribution in [0.5, 0.6) is 0 Å². The molecule has 0 aromatic heterocycles. The van der Waals surface area contributed by atoms with Gasteiger partial charge in [0.15, 0.2) is 5.78 Å². The van der Waals surface area contributed by atoms with E-state index >= 15 is 0 Å². The van der Waals surface area contributed by atoms with Crippen LogP contribution < -0.4 is 11.1 Å². The smallest absolute Gasteiger partial charge is 0.159 e. The summed E-state index contributed by atoms with van der Waals surface area (Å²) in [5.41, 5.74) is 11.2. The number of carbonyl (C=O) groups is 2. The lowest BCUT2D eigenvalue weighted by molar-refractivity contribution is -0.119. The topological polar surface area (TPSA) is 72.2 Å². The summed E-state index contributed by atoms with van der Waals surface area (Å²) < 4.78 is 14.0. The number of nitrogen functional groups attached to an aromatic ring is 1. The highest BCUT2D eigenvalue weighted by Crippen LogP contribution is 2.36. The van der Waals surface area contributed by atoms with Gasteiger partial charge in [0.1, 0.15) is 11.6 Å². The Balaban J connectivity index is 1.44. The lowest BCUT2D eigenvalue weighted by Gasteiger charge is -2.28. The van der Waals surface area contributed by atoms with Crippen molar-refractivity contribution in [2.24, 2.45) is 11.8 Å². The van der Waals surface area contributed by atoms with Gasteiger partial charge in [-0.15, -0.1) is 0 Å². The van der Waals surface area contributed by atoms with Crippen LogP contribution in [0.1, 0.15) is 98.3 Å². The first-order chi connectivity index (χ1) is 16.3. The second-order valence-electron chi connectivity index (χ2n) is 10.5. The zero-order chi connectivity index (χ0) is 24.2. The minimum absolute atomic E-state index is 0.0103. The number of hydrogen-bond acceptors (Lipinski definition) is 4. The Bertz CT molecular complexity index is 1060. The van der Waals surface area contributed by atoms with Crippen molar-refractivity contribution in [1.82, 2.24) is 0 Å². The number of rotatable bonds is 9. The van der Waals surface area contributed by atoms with Crippen molar-refractivity contribution >= 4 is 22.9 Å². The van der Waals surface area contributed by atoms with E-state index in [2.05, 4.69) is 18.3 Å². The number of anilines is 2. The molecule has 0 saturated heterocycles. The van der Waals surface area contributed by atoms with Gasteiger partial charge in [0.05, 0.1) is 6.04 Å². The molecule has 4 nitrogen and oxygen atoms in total. The summed E-state index contributed by atoms with van der Waals surface area (Å²) in [5.74, 6) is 0.892. The van der Waals surface area contributed by atoms with E-state index in [0.717, 1.165) is 42.7 Å². The van der Waals surface area contributed by atoms with Gasteiger partial charge in [0.25, 0.3) is 0 Å². The highest BCUT2D eigenvalue weighted by Gasteiger charge is 2.24. The number of nitrogens with one attached hydrogen (secondary N) is 1. The Kier molecular flexibility index (Phi) is 7.70. The van der Waals surface area contributed by atoms with Crippen LogP contribution in [0.15, 0.2) is 30.3 Å². The van der Waals surface area contributed by atoms with Crippen LogP contribution in [0.2, 0.25) is 0 Å². The van der Waals surface area contributed by atoms with Crippen LogP contribution in [-0.4, -0.2) is 11.6 Å². The fraction of sp³-hybridized carbons (Fsp3) is 0.517. The number of fused-ring (bicyclic) bond motifs is 1. The molecule has 5 heteroatoms. The second-order valence-corrected chi connectivity index (χ2v) is 10.5. The Labute approximate surface area is 202 Å². The molecular weight excluding hydrogens is 427 g/mol. The van der Waals surface area contributed by atoms with E-state index in [1.165, 1.54) is 50.3 Å². The molecule has 0 amide bonds. The molecule has 182 valence electrons. The number of carbonyl (C=O) groups excluding carboxylic acids is 2. The fourth-order valence-corrected chi connectivity index (χ4v) is 5.88. The SMILES string of the molecule is CC(=O)c1cc(F)cc(NC2CCCc3cc(CC(=O)CC(C)CC4CCCC4)c(N)cc32)c1. The van der Waals surface area contributed by atoms with Gasteiger partial charge in [0, 0.05) is 29.8 Å². The quantitative estimate of drug-likeness (QED) is 0.315. The third kappa shape index (κ3) is 6.05. The summed E-state index contributed by atoms with van der Waals surface area (Å²) in [5, 5.41) is 3.41. The molecule has 2 aliphatic carbocycles. The average Bonchev–Trinajstić information content (AvgIpc) is 3.27. The summed E-state index contributed by atoms with van der Waals surface area (Å²) in [7, 11) is 0. The first-order valence-corrected chi connectivity index (χ1v) is 12.8. The molecule has 1 fully saturated rings. The summed E-state index contributed by atoms with van der Waals surface area (Å²) in [6.07, 6.45) is 10.3. The van der Waals surface area contributed by atoms with Gasteiger partial charge >= 0.3 is 0 Å². The molecule has 0 bridgehead atoms. The van der Waals surface area contributed by atoms with Crippen LogP contribution in [0.3, 0.4) is 0 Å². The average molecular weight is 465 g/mol. The molecule has 3 N–H and O–H groups in total. The molecule has 0 aliphatic heterocycles. The number of halogens is 1. The fourth-order valence-electron chi connectivity index (χ4n) is 5.88. The maximum absolute atomic E-state index is 14.0. The molecular formula is C29H37FN2O2. The van der Waals surface area contributed by atoms with E-state index in [4.69, 9.17) is 5.73 Å². The van der Waals surface area contributed by atoms with Gasteiger partial charge in [-0.25, -0.2) is 4.39 Å². The summed E-state index contributed by atoms with van der Waals surface area (Å²) in [6, 6.07) is 8.46.